The summed E-state index contributed by atoms with van der Waals surface area (Å²) in [7, 11) is 3.17. The van der Waals surface area contributed by atoms with Crippen LogP contribution in [0.2, 0.25) is 0 Å². The van der Waals surface area contributed by atoms with Crippen LogP contribution in [0.25, 0.3) is 0 Å². The van der Waals surface area contributed by atoms with E-state index < -0.39 is 0 Å². The summed E-state index contributed by atoms with van der Waals surface area (Å²) < 4.78 is 10.5. The maximum absolute atomic E-state index is 12.5. The second-order valence-electron chi connectivity index (χ2n) is 6.27. The van der Waals surface area contributed by atoms with Crippen molar-refractivity contribution in [1.29, 1.82) is 0 Å². The van der Waals surface area contributed by atoms with Crippen LogP contribution in [0.5, 0.6) is 11.5 Å². The van der Waals surface area contributed by atoms with Crippen LogP contribution >= 0.6 is 0 Å². The van der Waals surface area contributed by atoms with Gasteiger partial charge in [0.25, 0.3) is 5.91 Å². The number of rotatable bonds is 5. The van der Waals surface area contributed by atoms with Crippen LogP contribution in [0, 0.1) is 12.3 Å². The number of amides is 1. The van der Waals surface area contributed by atoms with Crippen LogP contribution in [0.15, 0.2) is 12.1 Å². The number of aryl methyl sites for hydroxylation is 1. The lowest BCUT2D eigenvalue weighted by atomic mass is 9.81. The number of nitrogens with one attached hydrogen (secondary N) is 2. The van der Waals surface area contributed by atoms with E-state index in [0.29, 0.717) is 23.6 Å². The number of hydrogen-bond acceptors (Lipinski definition) is 4. The van der Waals surface area contributed by atoms with E-state index in [1.807, 2.05) is 13.0 Å². The van der Waals surface area contributed by atoms with Crippen LogP contribution in [0.1, 0.15) is 35.7 Å². The number of piperidine rings is 1. The molecular weight excluding hydrogens is 280 g/mol. The predicted octanol–water partition coefficient (Wildman–Crippen LogP) is 2.13. The molecule has 1 aromatic rings. The second-order valence-corrected chi connectivity index (χ2v) is 6.27. The molecule has 0 atom stereocenters. The summed E-state index contributed by atoms with van der Waals surface area (Å²) in [6, 6.07) is 3.58. The summed E-state index contributed by atoms with van der Waals surface area (Å²) in [5.74, 6) is 1.16. The van der Waals surface area contributed by atoms with E-state index in [2.05, 4.69) is 17.6 Å². The average Bonchev–Trinajstić information content (AvgIpc) is 2.53. The lowest BCUT2D eigenvalue weighted by Gasteiger charge is -2.34. The normalized spacial score (nSPS) is 16.9. The summed E-state index contributed by atoms with van der Waals surface area (Å²) in [6.07, 6.45) is 2.16. The molecular formula is C17H26N2O3. The third kappa shape index (κ3) is 3.71. The molecule has 1 heterocycles. The fourth-order valence-corrected chi connectivity index (χ4v) is 2.82. The van der Waals surface area contributed by atoms with Gasteiger partial charge in [0.1, 0.15) is 0 Å². The topological polar surface area (TPSA) is 59.6 Å². The van der Waals surface area contributed by atoms with Gasteiger partial charge in [0.05, 0.1) is 14.2 Å². The summed E-state index contributed by atoms with van der Waals surface area (Å²) >= 11 is 0. The van der Waals surface area contributed by atoms with Crippen molar-refractivity contribution < 1.29 is 14.3 Å². The molecule has 0 spiro atoms. The van der Waals surface area contributed by atoms with Gasteiger partial charge in [-0.2, -0.15) is 0 Å². The van der Waals surface area contributed by atoms with Crippen molar-refractivity contribution in [1.82, 2.24) is 10.6 Å². The van der Waals surface area contributed by atoms with E-state index >= 15 is 0 Å². The van der Waals surface area contributed by atoms with Gasteiger partial charge in [-0.1, -0.05) is 6.92 Å². The minimum absolute atomic E-state index is 0.0572. The third-order valence-corrected chi connectivity index (χ3v) is 4.46. The molecule has 0 saturated carbocycles. The number of ether oxygens (including phenoxy) is 2. The minimum Gasteiger partial charge on any atom is -0.493 e. The summed E-state index contributed by atoms with van der Waals surface area (Å²) in [5, 5.41) is 6.43. The van der Waals surface area contributed by atoms with Crippen molar-refractivity contribution in [3.8, 4) is 11.5 Å². The maximum Gasteiger partial charge on any atom is 0.251 e. The molecule has 1 aromatic carbocycles. The highest BCUT2D eigenvalue weighted by Crippen LogP contribution is 2.31. The Hall–Kier alpha value is -1.75. The fraction of sp³-hybridized carbons (Fsp3) is 0.588. The summed E-state index contributed by atoms with van der Waals surface area (Å²) in [6.45, 7) is 6.86. The van der Waals surface area contributed by atoms with E-state index in [-0.39, 0.29) is 11.3 Å². The Morgan fingerprint density at radius 3 is 2.41 bits per heavy atom. The molecule has 1 saturated heterocycles. The van der Waals surface area contributed by atoms with Crippen LogP contribution in [-0.2, 0) is 0 Å². The number of methoxy groups -OCH3 is 2. The third-order valence-electron chi connectivity index (χ3n) is 4.46. The van der Waals surface area contributed by atoms with E-state index in [0.717, 1.165) is 31.5 Å². The van der Waals surface area contributed by atoms with Gasteiger partial charge in [-0.15, -0.1) is 0 Å². The van der Waals surface area contributed by atoms with Crippen molar-refractivity contribution in [2.45, 2.75) is 26.7 Å². The van der Waals surface area contributed by atoms with Crippen LogP contribution < -0.4 is 20.1 Å². The van der Waals surface area contributed by atoms with Gasteiger partial charge in [0.15, 0.2) is 11.5 Å². The number of carbonyl (C=O) groups is 1. The Bertz CT molecular complexity index is 537. The molecule has 1 aliphatic rings. The summed E-state index contributed by atoms with van der Waals surface area (Å²) in [5.41, 5.74) is 1.69. The molecule has 22 heavy (non-hydrogen) atoms. The van der Waals surface area contributed by atoms with E-state index in [9.17, 15) is 4.79 Å². The maximum atomic E-state index is 12.5. The van der Waals surface area contributed by atoms with E-state index in [1.54, 1.807) is 20.3 Å². The molecule has 0 radical (unpaired) electrons. The predicted molar refractivity (Wildman–Crippen MR) is 86.8 cm³/mol. The zero-order valence-electron chi connectivity index (χ0n) is 13.9. The van der Waals surface area contributed by atoms with Gasteiger partial charge in [0, 0.05) is 12.1 Å². The largest absolute Gasteiger partial charge is 0.493 e. The van der Waals surface area contributed by atoms with E-state index in [1.165, 1.54) is 0 Å². The first-order valence-corrected chi connectivity index (χ1v) is 7.70. The van der Waals surface area contributed by atoms with Crippen molar-refractivity contribution >= 4 is 5.91 Å². The second kappa shape index (κ2) is 7.01. The van der Waals surface area contributed by atoms with Gasteiger partial charge >= 0.3 is 0 Å². The molecule has 2 N–H and O–H groups in total. The quantitative estimate of drug-likeness (QED) is 0.875. The van der Waals surface area contributed by atoms with Crippen molar-refractivity contribution in [2.24, 2.45) is 5.41 Å². The van der Waals surface area contributed by atoms with Crippen molar-refractivity contribution in [3.63, 3.8) is 0 Å². The van der Waals surface area contributed by atoms with Gasteiger partial charge in [0.2, 0.25) is 0 Å². The van der Waals surface area contributed by atoms with Gasteiger partial charge in [-0.3, -0.25) is 4.79 Å². The highest BCUT2D eigenvalue weighted by atomic mass is 16.5. The molecule has 0 aliphatic carbocycles. The zero-order chi connectivity index (χ0) is 16.2. The van der Waals surface area contributed by atoms with Gasteiger partial charge in [-0.25, -0.2) is 0 Å². The van der Waals surface area contributed by atoms with Gasteiger partial charge < -0.3 is 20.1 Å². The molecule has 1 aliphatic heterocycles. The van der Waals surface area contributed by atoms with Crippen molar-refractivity contribution in [3.05, 3.63) is 23.3 Å². The fourth-order valence-electron chi connectivity index (χ4n) is 2.82. The highest BCUT2D eigenvalue weighted by Gasteiger charge is 2.27. The molecule has 5 nitrogen and oxygen atoms in total. The average molecular weight is 306 g/mol. The monoisotopic (exact) mass is 306 g/mol. The highest BCUT2D eigenvalue weighted by molar-refractivity contribution is 5.96. The first-order valence-electron chi connectivity index (χ1n) is 7.70. The minimum atomic E-state index is -0.0572. The van der Waals surface area contributed by atoms with Crippen LogP contribution in [-0.4, -0.2) is 39.8 Å². The smallest absolute Gasteiger partial charge is 0.251 e. The summed E-state index contributed by atoms with van der Waals surface area (Å²) in [4.78, 5) is 12.5. The molecule has 1 amide bonds. The Labute approximate surface area is 132 Å². The number of hydrogen-bond donors (Lipinski definition) is 2. The van der Waals surface area contributed by atoms with Crippen LogP contribution in [0.4, 0.5) is 0 Å². The Morgan fingerprint density at radius 2 is 1.82 bits per heavy atom. The Balaban J connectivity index is 2.09. The SMILES string of the molecule is COc1cc(C)c(C(=O)NCC2(C)CCNCC2)cc1OC. The Morgan fingerprint density at radius 1 is 1.23 bits per heavy atom. The number of benzene rings is 1. The Kier molecular flexibility index (Phi) is 5.29. The van der Waals surface area contributed by atoms with Crippen molar-refractivity contribution in [2.75, 3.05) is 33.9 Å². The molecule has 122 valence electrons. The zero-order valence-corrected chi connectivity index (χ0v) is 13.9. The lowest BCUT2D eigenvalue weighted by Crippen LogP contribution is -2.43. The molecule has 0 unspecified atom stereocenters. The molecule has 0 aromatic heterocycles. The first-order chi connectivity index (χ1) is 10.5. The molecule has 0 bridgehead atoms. The molecule has 5 heteroatoms. The standard InChI is InChI=1S/C17H26N2O3/c1-12-9-14(21-3)15(22-4)10-13(12)16(20)19-11-17(2)5-7-18-8-6-17/h9-10,18H,5-8,11H2,1-4H3,(H,19,20). The lowest BCUT2D eigenvalue weighted by molar-refractivity contribution is 0.0921. The van der Waals surface area contributed by atoms with Gasteiger partial charge in [-0.05, 0) is 56.0 Å². The van der Waals surface area contributed by atoms with E-state index in [4.69, 9.17) is 9.47 Å². The first kappa shape index (κ1) is 16.6. The number of carbonyl (C=O) groups excluding carboxylic acids is 1. The molecule has 2 rings (SSSR count). The van der Waals surface area contributed by atoms with Crippen LogP contribution in [0.3, 0.4) is 0 Å². The molecule has 1 fully saturated rings.